The number of carboxylic acids is 1. The Morgan fingerprint density at radius 1 is 1.47 bits per heavy atom. The predicted molar refractivity (Wildman–Crippen MR) is 69.9 cm³/mol. The fourth-order valence-corrected chi connectivity index (χ4v) is 2.49. The van der Waals surface area contributed by atoms with E-state index in [1.54, 1.807) is 7.11 Å². The Morgan fingerprint density at radius 2 is 2.21 bits per heavy atom. The first-order valence-corrected chi connectivity index (χ1v) is 6.57. The van der Waals surface area contributed by atoms with Crippen molar-refractivity contribution in [3.8, 4) is 5.88 Å². The fourth-order valence-electron chi connectivity index (χ4n) is 2.25. The van der Waals surface area contributed by atoms with Gasteiger partial charge in [-0.05, 0) is 25.3 Å². The second-order valence-electron chi connectivity index (χ2n) is 4.55. The molecule has 2 rings (SSSR count). The summed E-state index contributed by atoms with van der Waals surface area (Å²) in [6, 6.07) is 1.36. The zero-order valence-corrected chi connectivity index (χ0v) is 11.4. The maximum atomic E-state index is 11.0. The highest BCUT2D eigenvalue weighted by molar-refractivity contribution is 6.34. The van der Waals surface area contributed by atoms with Crippen molar-refractivity contribution in [2.45, 2.75) is 37.9 Å². The Balaban J connectivity index is 2.10. The van der Waals surface area contributed by atoms with Crippen LogP contribution in [0.3, 0.4) is 0 Å². The van der Waals surface area contributed by atoms with Crippen LogP contribution in [0.25, 0.3) is 0 Å². The lowest BCUT2D eigenvalue weighted by Crippen LogP contribution is -2.29. The van der Waals surface area contributed by atoms with Crippen LogP contribution in [-0.2, 0) is 4.74 Å². The summed E-state index contributed by atoms with van der Waals surface area (Å²) in [5, 5.41) is 9.04. The standard InChI is InChI=1S/C13H16ClNO4/c1-18-8-3-2-4-9(7-8)19-12-11(14)10(13(16)17)5-6-15-12/h5-6,8-9H,2-4,7H2,1H3,(H,16,17). The maximum absolute atomic E-state index is 11.0. The smallest absolute Gasteiger partial charge is 0.337 e. The van der Waals surface area contributed by atoms with E-state index in [-0.39, 0.29) is 28.7 Å². The summed E-state index contributed by atoms with van der Waals surface area (Å²) in [6.45, 7) is 0. The molecule has 1 aliphatic rings. The van der Waals surface area contributed by atoms with Crippen LogP contribution in [0.5, 0.6) is 5.88 Å². The maximum Gasteiger partial charge on any atom is 0.337 e. The number of hydrogen-bond donors (Lipinski definition) is 1. The second-order valence-corrected chi connectivity index (χ2v) is 4.92. The summed E-state index contributed by atoms with van der Waals surface area (Å²) in [5.74, 6) is -0.904. The van der Waals surface area contributed by atoms with Crippen molar-refractivity contribution in [2.75, 3.05) is 7.11 Å². The Hall–Kier alpha value is -1.33. The molecule has 1 aliphatic carbocycles. The predicted octanol–water partition coefficient (Wildman–Crippen LogP) is 2.77. The summed E-state index contributed by atoms with van der Waals surface area (Å²) in [7, 11) is 1.68. The largest absolute Gasteiger partial charge is 0.478 e. The number of rotatable bonds is 4. The molecule has 5 nitrogen and oxygen atoms in total. The molecule has 0 amide bonds. The van der Waals surface area contributed by atoms with Gasteiger partial charge in [-0.3, -0.25) is 0 Å². The molecule has 6 heteroatoms. The monoisotopic (exact) mass is 285 g/mol. The van der Waals surface area contributed by atoms with Crippen LogP contribution in [0.4, 0.5) is 0 Å². The lowest BCUT2D eigenvalue weighted by molar-refractivity contribution is 0.0194. The zero-order chi connectivity index (χ0) is 13.8. The van der Waals surface area contributed by atoms with Gasteiger partial charge in [0.2, 0.25) is 5.88 Å². The van der Waals surface area contributed by atoms with Gasteiger partial charge in [-0.1, -0.05) is 11.6 Å². The number of nitrogens with zero attached hydrogens (tertiary/aromatic N) is 1. The molecule has 2 atom stereocenters. The number of carbonyl (C=O) groups is 1. The first-order chi connectivity index (χ1) is 9.11. The highest BCUT2D eigenvalue weighted by Gasteiger charge is 2.25. The number of pyridine rings is 1. The van der Waals surface area contributed by atoms with Gasteiger partial charge in [-0.25, -0.2) is 9.78 Å². The van der Waals surface area contributed by atoms with E-state index in [2.05, 4.69) is 4.98 Å². The highest BCUT2D eigenvalue weighted by Crippen LogP contribution is 2.30. The van der Waals surface area contributed by atoms with Crippen LogP contribution in [0, 0.1) is 0 Å². The van der Waals surface area contributed by atoms with E-state index in [1.807, 2.05) is 0 Å². The molecule has 1 heterocycles. The van der Waals surface area contributed by atoms with Crippen molar-refractivity contribution in [2.24, 2.45) is 0 Å². The molecule has 0 aliphatic heterocycles. The molecule has 0 spiro atoms. The molecule has 0 saturated heterocycles. The van der Waals surface area contributed by atoms with Gasteiger partial charge in [-0.15, -0.1) is 0 Å². The van der Waals surface area contributed by atoms with Crippen molar-refractivity contribution in [3.63, 3.8) is 0 Å². The van der Waals surface area contributed by atoms with Crippen molar-refractivity contribution < 1.29 is 19.4 Å². The molecule has 0 radical (unpaired) electrons. The topological polar surface area (TPSA) is 68.7 Å². The molecule has 104 valence electrons. The third-order valence-corrected chi connectivity index (χ3v) is 3.64. The molecule has 1 aromatic rings. The summed E-state index contributed by atoms with van der Waals surface area (Å²) >= 11 is 5.99. The lowest BCUT2D eigenvalue weighted by Gasteiger charge is -2.28. The third kappa shape index (κ3) is 3.36. The SMILES string of the molecule is COC1CCCC(Oc2nccc(C(=O)O)c2Cl)C1. The van der Waals surface area contributed by atoms with E-state index in [4.69, 9.17) is 26.2 Å². The number of aromatic nitrogens is 1. The van der Waals surface area contributed by atoms with Crippen molar-refractivity contribution >= 4 is 17.6 Å². The number of aromatic carboxylic acids is 1. The summed E-state index contributed by atoms with van der Waals surface area (Å²) in [5.41, 5.74) is 0.00534. The normalized spacial score (nSPS) is 23.1. The van der Waals surface area contributed by atoms with E-state index in [0.29, 0.717) is 0 Å². The number of halogens is 1. The Morgan fingerprint density at radius 3 is 2.89 bits per heavy atom. The summed E-state index contributed by atoms with van der Waals surface area (Å²) < 4.78 is 11.0. The van der Waals surface area contributed by atoms with Gasteiger partial charge in [0.05, 0.1) is 11.7 Å². The van der Waals surface area contributed by atoms with Gasteiger partial charge in [-0.2, -0.15) is 0 Å². The van der Waals surface area contributed by atoms with Crippen molar-refractivity contribution in [1.82, 2.24) is 4.98 Å². The first-order valence-electron chi connectivity index (χ1n) is 6.19. The van der Waals surface area contributed by atoms with Crippen LogP contribution in [0.1, 0.15) is 36.0 Å². The second kappa shape index (κ2) is 6.21. The molecule has 1 saturated carbocycles. The molecular formula is C13H16ClNO4. The van der Waals surface area contributed by atoms with E-state index >= 15 is 0 Å². The van der Waals surface area contributed by atoms with Crippen molar-refractivity contribution in [1.29, 1.82) is 0 Å². The molecular weight excluding hydrogens is 270 g/mol. The van der Waals surface area contributed by atoms with Gasteiger partial charge in [0, 0.05) is 19.7 Å². The Labute approximate surface area is 116 Å². The molecule has 1 aromatic heterocycles. The van der Waals surface area contributed by atoms with E-state index in [9.17, 15) is 4.79 Å². The molecule has 2 unspecified atom stereocenters. The summed E-state index contributed by atoms with van der Waals surface area (Å²) in [4.78, 5) is 15.0. The van der Waals surface area contributed by atoms with Gasteiger partial charge in [0.15, 0.2) is 0 Å². The molecule has 1 N–H and O–H groups in total. The number of methoxy groups -OCH3 is 1. The lowest BCUT2D eigenvalue weighted by atomic mass is 9.95. The quantitative estimate of drug-likeness (QED) is 0.921. The first kappa shape index (κ1) is 14.1. The van der Waals surface area contributed by atoms with Crippen LogP contribution in [-0.4, -0.2) is 35.4 Å². The number of ether oxygens (including phenoxy) is 2. The molecule has 19 heavy (non-hydrogen) atoms. The number of carboxylic acid groups (broad SMARTS) is 1. The average molecular weight is 286 g/mol. The Kier molecular flexibility index (Phi) is 4.61. The van der Waals surface area contributed by atoms with Crippen LogP contribution in [0.15, 0.2) is 12.3 Å². The van der Waals surface area contributed by atoms with Gasteiger partial charge >= 0.3 is 5.97 Å². The van der Waals surface area contributed by atoms with E-state index < -0.39 is 5.97 Å². The van der Waals surface area contributed by atoms with Crippen LogP contribution in [0.2, 0.25) is 5.02 Å². The van der Waals surface area contributed by atoms with Gasteiger partial charge < -0.3 is 14.6 Å². The third-order valence-electron chi connectivity index (χ3n) is 3.28. The average Bonchev–Trinajstić information content (AvgIpc) is 2.41. The molecule has 1 fully saturated rings. The number of hydrogen-bond acceptors (Lipinski definition) is 4. The highest BCUT2D eigenvalue weighted by atomic mass is 35.5. The minimum absolute atomic E-state index is 0.00534. The van der Waals surface area contributed by atoms with Gasteiger partial charge in [0.25, 0.3) is 0 Å². The van der Waals surface area contributed by atoms with E-state index in [1.165, 1.54) is 12.3 Å². The Bertz CT molecular complexity index is 466. The fraction of sp³-hybridized carbons (Fsp3) is 0.538. The molecule has 0 aromatic carbocycles. The summed E-state index contributed by atoms with van der Waals surface area (Å²) in [6.07, 6.45) is 5.24. The van der Waals surface area contributed by atoms with E-state index in [0.717, 1.165) is 25.7 Å². The molecule has 0 bridgehead atoms. The van der Waals surface area contributed by atoms with Crippen LogP contribution >= 0.6 is 11.6 Å². The van der Waals surface area contributed by atoms with Crippen LogP contribution < -0.4 is 4.74 Å². The minimum atomic E-state index is -1.09. The zero-order valence-electron chi connectivity index (χ0n) is 10.6. The minimum Gasteiger partial charge on any atom is -0.478 e. The van der Waals surface area contributed by atoms with Crippen molar-refractivity contribution in [3.05, 3.63) is 22.8 Å². The van der Waals surface area contributed by atoms with Gasteiger partial charge in [0.1, 0.15) is 11.1 Å².